The number of rotatable bonds is 7. The molecule has 0 heterocycles. The molecule has 0 saturated carbocycles. The maximum atomic E-state index is 11.6. The molecule has 2 aromatic carbocycles. The number of esters is 1. The predicted octanol–water partition coefficient (Wildman–Crippen LogP) is 7.56. The van der Waals surface area contributed by atoms with Crippen molar-refractivity contribution in [2.45, 2.75) is 93.1 Å². The molecule has 0 aliphatic heterocycles. The number of hydrogen-bond acceptors (Lipinski definition) is 6. The zero-order chi connectivity index (χ0) is 27.4. The van der Waals surface area contributed by atoms with Crippen molar-refractivity contribution >= 4 is 17.9 Å². The second-order valence-electron chi connectivity index (χ2n) is 11.2. The van der Waals surface area contributed by atoms with E-state index in [1.165, 1.54) is 12.8 Å². The zero-order valence-electron chi connectivity index (χ0n) is 23.1. The number of carbonyl (C=O) groups is 3. The maximum absolute atomic E-state index is 11.6. The number of aryl methyl sites for hydroxylation is 2. The molecule has 0 atom stereocenters. The number of carbonyl (C=O) groups excluding carboxylic acids is 3. The second-order valence-corrected chi connectivity index (χ2v) is 11.2. The molecule has 0 aliphatic rings. The Bertz CT molecular complexity index is 903. The van der Waals surface area contributed by atoms with E-state index in [0.29, 0.717) is 23.0 Å². The zero-order valence-corrected chi connectivity index (χ0v) is 23.1. The van der Waals surface area contributed by atoms with Gasteiger partial charge in [0.1, 0.15) is 5.60 Å². The third-order valence-electron chi connectivity index (χ3n) is 5.00. The van der Waals surface area contributed by atoms with E-state index in [4.69, 9.17) is 4.74 Å². The first-order valence-electron chi connectivity index (χ1n) is 12.4. The Balaban J connectivity index is 0.000000371. The molecule has 0 saturated heterocycles. The Morgan fingerprint density at radius 3 is 1.42 bits per heavy atom. The van der Waals surface area contributed by atoms with Gasteiger partial charge in [-0.2, -0.15) is 0 Å². The first-order valence-corrected chi connectivity index (χ1v) is 12.4. The van der Waals surface area contributed by atoms with E-state index in [9.17, 15) is 14.4 Å². The Morgan fingerprint density at radius 1 is 0.639 bits per heavy atom. The standard InChI is InChI=1S/C16H14O4.C14H28O2/c1-11-3-7-13(8-4-11)15(17)19-20-16(18)14-9-5-12(2)6-10-14;1-13(2,3)11-9-7-8-10-12(15)16-14(4,5)6/h3-10H,1-2H3;7-11H2,1-6H3. The highest BCUT2D eigenvalue weighted by Gasteiger charge is 2.16. The summed E-state index contributed by atoms with van der Waals surface area (Å²) in [5.74, 6) is -1.47. The minimum atomic E-state index is -0.703. The molecule has 0 radical (unpaired) electrons. The van der Waals surface area contributed by atoms with Crippen LogP contribution >= 0.6 is 0 Å². The van der Waals surface area contributed by atoms with Crippen LogP contribution in [0, 0.1) is 19.3 Å². The normalized spacial score (nSPS) is 11.1. The van der Waals surface area contributed by atoms with Crippen molar-refractivity contribution in [1.29, 1.82) is 0 Å². The maximum Gasteiger partial charge on any atom is 0.386 e. The van der Waals surface area contributed by atoms with E-state index in [2.05, 4.69) is 30.5 Å². The van der Waals surface area contributed by atoms with E-state index in [1.54, 1.807) is 48.5 Å². The van der Waals surface area contributed by atoms with Crippen LogP contribution in [0.3, 0.4) is 0 Å². The van der Waals surface area contributed by atoms with Gasteiger partial charge in [0.15, 0.2) is 0 Å². The van der Waals surface area contributed by atoms with Gasteiger partial charge in [-0.05, 0) is 77.1 Å². The fourth-order valence-corrected chi connectivity index (χ4v) is 3.05. The highest BCUT2D eigenvalue weighted by Crippen LogP contribution is 2.22. The summed E-state index contributed by atoms with van der Waals surface area (Å²) in [6.45, 7) is 16.3. The number of unbranched alkanes of at least 4 members (excludes halogenated alkanes) is 2. The molecule has 0 spiro atoms. The first kappa shape index (κ1) is 30.9. The molecule has 0 aliphatic carbocycles. The van der Waals surface area contributed by atoms with Crippen LogP contribution in [0.5, 0.6) is 0 Å². The molecule has 2 rings (SSSR count). The molecule has 36 heavy (non-hydrogen) atoms. The van der Waals surface area contributed by atoms with Crippen molar-refractivity contribution in [3.05, 3.63) is 70.8 Å². The van der Waals surface area contributed by atoms with Gasteiger partial charge in [0.05, 0.1) is 11.1 Å². The number of hydrogen-bond donors (Lipinski definition) is 0. The minimum absolute atomic E-state index is 0.0664. The Hall–Kier alpha value is -3.15. The Morgan fingerprint density at radius 2 is 1.06 bits per heavy atom. The quantitative estimate of drug-likeness (QED) is 0.170. The lowest BCUT2D eigenvalue weighted by atomic mass is 9.89. The largest absolute Gasteiger partial charge is 0.460 e. The van der Waals surface area contributed by atoms with Crippen molar-refractivity contribution in [3.8, 4) is 0 Å². The van der Waals surface area contributed by atoms with Crippen molar-refractivity contribution in [2.75, 3.05) is 0 Å². The van der Waals surface area contributed by atoms with E-state index in [0.717, 1.165) is 24.0 Å². The van der Waals surface area contributed by atoms with Crippen molar-refractivity contribution in [2.24, 2.45) is 5.41 Å². The average molecular weight is 499 g/mol. The summed E-state index contributed by atoms with van der Waals surface area (Å²) in [4.78, 5) is 43.7. The van der Waals surface area contributed by atoms with Crippen LogP contribution in [-0.4, -0.2) is 23.5 Å². The van der Waals surface area contributed by atoms with Crippen molar-refractivity contribution < 1.29 is 28.9 Å². The van der Waals surface area contributed by atoms with Crippen LogP contribution in [0.1, 0.15) is 105 Å². The molecule has 0 aromatic heterocycles. The summed E-state index contributed by atoms with van der Waals surface area (Å²) >= 11 is 0. The molecule has 0 amide bonds. The molecule has 0 fully saturated rings. The number of benzene rings is 2. The predicted molar refractivity (Wildman–Crippen MR) is 142 cm³/mol. The lowest BCUT2D eigenvalue weighted by Crippen LogP contribution is -2.23. The Kier molecular flexibility index (Phi) is 12.4. The van der Waals surface area contributed by atoms with Gasteiger partial charge in [-0.1, -0.05) is 69.0 Å². The minimum Gasteiger partial charge on any atom is -0.460 e. The van der Waals surface area contributed by atoms with Crippen LogP contribution in [-0.2, 0) is 19.3 Å². The SMILES string of the molecule is CC(C)(C)CCCCCC(=O)OC(C)(C)C.Cc1ccc(C(=O)OOC(=O)c2ccc(C)cc2)cc1. The molecular weight excluding hydrogens is 456 g/mol. The molecule has 6 nitrogen and oxygen atoms in total. The smallest absolute Gasteiger partial charge is 0.386 e. The highest BCUT2D eigenvalue weighted by atomic mass is 17.2. The van der Waals surface area contributed by atoms with E-state index >= 15 is 0 Å². The number of ether oxygens (including phenoxy) is 1. The van der Waals surface area contributed by atoms with Gasteiger partial charge >= 0.3 is 17.9 Å². The summed E-state index contributed by atoms with van der Waals surface area (Å²) in [6, 6.07) is 13.5. The summed E-state index contributed by atoms with van der Waals surface area (Å²) < 4.78 is 5.25. The summed E-state index contributed by atoms with van der Waals surface area (Å²) in [7, 11) is 0. The van der Waals surface area contributed by atoms with Gasteiger partial charge in [-0.3, -0.25) is 4.79 Å². The molecule has 0 bridgehead atoms. The fourth-order valence-electron chi connectivity index (χ4n) is 3.05. The third-order valence-corrected chi connectivity index (χ3v) is 5.00. The van der Waals surface area contributed by atoms with Crippen LogP contribution in [0.4, 0.5) is 0 Å². The molecule has 0 N–H and O–H groups in total. The fraction of sp³-hybridized carbons (Fsp3) is 0.500. The summed E-state index contributed by atoms with van der Waals surface area (Å²) in [5, 5.41) is 0. The molecule has 0 unspecified atom stereocenters. The average Bonchev–Trinajstić information content (AvgIpc) is 2.76. The topological polar surface area (TPSA) is 78.9 Å². The summed E-state index contributed by atoms with van der Waals surface area (Å²) in [6.07, 6.45) is 5.05. The molecular formula is C30H42O6. The van der Waals surface area contributed by atoms with Crippen LogP contribution in [0.2, 0.25) is 0 Å². The van der Waals surface area contributed by atoms with Crippen molar-refractivity contribution in [3.63, 3.8) is 0 Å². The first-order chi connectivity index (χ1) is 16.7. The van der Waals surface area contributed by atoms with Crippen LogP contribution in [0.25, 0.3) is 0 Å². The van der Waals surface area contributed by atoms with Gasteiger partial charge < -0.3 is 4.74 Å². The third kappa shape index (κ3) is 14.3. The summed E-state index contributed by atoms with van der Waals surface area (Å²) in [5.41, 5.74) is 2.77. The molecule has 198 valence electrons. The van der Waals surface area contributed by atoms with E-state index < -0.39 is 11.9 Å². The van der Waals surface area contributed by atoms with Gasteiger partial charge in [-0.25, -0.2) is 19.4 Å². The van der Waals surface area contributed by atoms with Crippen LogP contribution in [0.15, 0.2) is 48.5 Å². The molecule has 2 aromatic rings. The molecule has 6 heteroatoms. The van der Waals surface area contributed by atoms with Gasteiger partial charge in [0.25, 0.3) is 0 Å². The van der Waals surface area contributed by atoms with E-state index in [-0.39, 0.29) is 11.6 Å². The second kappa shape index (κ2) is 14.4. The van der Waals surface area contributed by atoms with Gasteiger partial charge in [0.2, 0.25) is 0 Å². The van der Waals surface area contributed by atoms with E-state index in [1.807, 2.05) is 34.6 Å². The van der Waals surface area contributed by atoms with Gasteiger partial charge in [0, 0.05) is 6.42 Å². The monoisotopic (exact) mass is 498 g/mol. The van der Waals surface area contributed by atoms with Crippen LogP contribution < -0.4 is 0 Å². The van der Waals surface area contributed by atoms with Gasteiger partial charge in [-0.15, -0.1) is 0 Å². The lowest BCUT2D eigenvalue weighted by Gasteiger charge is -2.19. The van der Waals surface area contributed by atoms with Crippen molar-refractivity contribution in [1.82, 2.24) is 0 Å². The highest BCUT2D eigenvalue weighted by molar-refractivity contribution is 5.92. The Labute approximate surface area is 216 Å². The lowest BCUT2D eigenvalue weighted by molar-refractivity contribution is -0.187.